The van der Waals surface area contributed by atoms with Crippen molar-refractivity contribution in [2.75, 3.05) is 17.6 Å². The zero-order valence-corrected chi connectivity index (χ0v) is 12.0. The minimum Gasteiger partial charge on any atom is -0.398 e. The van der Waals surface area contributed by atoms with E-state index in [0.717, 1.165) is 33.7 Å². The van der Waals surface area contributed by atoms with Crippen LogP contribution in [0, 0.1) is 0 Å². The molecule has 0 bridgehead atoms. The Kier molecular flexibility index (Phi) is 3.52. The molecule has 3 N–H and O–H groups in total. The molecule has 1 aromatic carbocycles. The van der Waals surface area contributed by atoms with E-state index in [2.05, 4.69) is 22.2 Å². The summed E-state index contributed by atoms with van der Waals surface area (Å²) in [5.74, 6) is 0.379. The van der Waals surface area contributed by atoms with Crippen molar-refractivity contribution < 1.29 is 0 Å². The van der Waals surface area contributed by atoms with Crippen LogP contribution in [0.2, 0.25) is 0 Å². The Hall–Kier alpha value is -2.14. The zero-order valence-electron chi connectivity index (χ0n) is 11.2. The summed E-state index contributed by atoms with van der Waals surface area (Å²) in [6, 6.07) is 5.93. The second-order valence-corrected chi connectivity index (χ2v) is 5.70. The van der Waals surface area contributed by atoms with E-state index in [-0.39, 0.29) is 0 Å². The van der Waals surface area contributed by atoms with Gasteiger partial charge in [-0.3, -0.25) is 4.98 Å². The van der Waals surface area contributed by atoms with Crippen LogP contribution < -0.4 is 11.1 Å². The van der Waals surface area contributed by atoms with Gasteiger partial charge in [-0.05, 0) is 18.2 Å². The van der Waals surface area contributed by atoms with Gasteiger partial charge in [0, 0.05) is 58.6 Å². The molecule has 3 rings (SSSR count). The van der Waals surface area contributed by atoms with Crippen molar-refractivity contribution in [2.45, 2.75) is 12.8 Å². The highest BCUT2D eigenvalue weighted by molar-refractivity contribution is 7.09. The summed E-state index contributed by atoms with van der Waals surface area (Å²) >= 11 is 1.69. The van der Waals surface area contributed by atoms with Gasteiger partial charge in [-0.25, -0.2) is 4.98 Å². The third-order valence-electron chi connectivity index (χ3n) is 3.32. The second-order valence-electron chi connectivity index (χ2n) is 4.78. The number of nitrogens with two attached hydrogens (primary N) is 1. The number of hydrogen-bond donors (Lipinski definition) is 2. The van der Waals surface area contributed by atoms with E-state index < -0.39 is 0 Å². The molecule has 1 unspecified atom stereocenters. The lowest BCUT2D eigenvalue weighted by Crippen LogP contribution is -2.10. The Morgan fingerprint density at radius 1 is 1.25 bits per heavy atom. The van der Waals surface area contributed by atoms with Crippen molar-refractivity contribution in [3.63, 3.8) is 0 Å². The molecule has 0 aliphatic carbocycles. The number of aromatic nitrogens is 2. The van der Waals surface area contributed by atoms with Gasteiger partial charge in [-0.1, -0.05) is 6.92 Å². The molecule has 4 nitrogen and oxygen atoms in total. The Morgan fingerprint density at radius 2 is 2.15 bits per heavy atom. The average molecular weight is 284 g/mol. The molecule has 0 amide bonds. The third-order valence-corrected chi connectivity index (χ3v) is 4.33. The van der Waals surface area contributed by atoms with Gasteiger partial charge < -0.3 is 11.1 Å². The van der Waals surface area contributed by atoms with E-state index in [1.54, 1.807) is 23.7 Å². The van der Waals surface area contributed by atoms with Crippen LogP contribution in [0.3, 0.4) is 0 Å². The lowest BCUT2D eigenvalue weighted by molar-refractivity contribution is 0.796. The van der Waals surface area contributed by atoms with E-state index >= 15 is 0 Å². The maximum absolute atomic E-state index is 5.98. The predicted octanol–water partition coefficient (Wildman–Crippen LogP) is 3.49. The number of thiazole rings is 1. The van der Waals surface area contributed by atoms with Gasteiger partial charge in [0.1, 0.15) is 0 Å². The molecule has 0 radical (unpaired) electrons. The third kappa shape index (κ3) is 2.44. The molecular formula is C15H16N4S. The quantitative estimate of drug-likeness (QED) is 0.720. The molecule has 2 heterocycles. The largest absolute Gasteiger partial charge is 0.398 e. The van der Waals surface area contributed by atoms with Gasteiger partial charge in [-0.15, -0.1) is 11.3 Å². The van der Waals surface area contributed by atoms with Crippen LogP contribution in [-0.4, -0.2) is 16.5 Å². The van der Waals surface area contributed by atoms with Crippen LogP contribution in [0.1, 0.15) is 17.8 Å². The van der Waals surface area contributed by atoms with Crippen LogP contribution in [-0.2, 0) is 0 Å². The van der Waals surface area contributed by atoms with Gasteiger partial charge in [0.05, 0.1) is 5.01 Å². The highest BCUT2D eigenvalue weighted by Gasteiger charge is 2.09. The fraction of sp³-hybridized carbons (Fsp3) is 0.200. The summed E-state index contributed by atoms with van der Waals surface area (Å²) in [6.45, 7) is 3.02. The number of nitrogens with one attached hydrogen (secondary N) is 1. The smallest absolute Gasteiger partial charge is 0.0970 e. The number of fused-ring (bicyclic) bond motifs is 1. The van der Waals surface area contributed by atoms with Crippen LogP contribution >= 0.6 is 11.3 Å². The minimum atomic E-state index is 0.379. The number of nitrogens with zero attached hydrogens (tertiary/aromatic N) is 2. The molecule has 0 fully saturated rings. The fourth-order valence-corrected chi connectivity index (χ4v) is 2.89. The summed E-state index contributed by atoms with van der Waals surface area (Å²) in [4.78, 5) is 8.49. The molecule has 0 aliphatic rings. The topological polar surface area (TPSA) is 63.8 Å². The van der Waals surface area contributed by atoms with Gasteiger partial charge in [0.15, 0.2) is 0 Å². The Bertz CT molecular complexity index is 709. The van der Waals surface area contributed by atoms with Gasteiger partial charge >= 0.3 is 0 Å². The normalized spacial score (nSPS) is 12.4. The molecule has 20 heavy (non-hydrogen) atoms. The zero-order chi connectivity index (χ0) is 13.9. The number of pyridine rings is 1. The lowest BCUT2D eigenvalue weighted by atomic mass is 10.1. The molecule has 102 valence electrons. The number of benzene rings is 1. The molecule has 0 saturated heterocycles. The van der Waals surface area contributed by atoms with Crippen molar-refractivity contribution in [2.24, 2.45) is 0 Å². The lowest BCUT2D eigenvalue weighted by Gasteiger charge is -2.14. The van der Waals surface area contributed by atoms with Gasteiger partial charge in [-0.2, -0.15) is 0 Å². The average Bonchev–Trinajstić information content (AvgIpc) is 3.01. The monoisotopic (exact) mass is 284 g/mol. The maximum atomic E-state index is 5.98. The number of hydrogen-bond acceptors (Lipinski definition) is 5. The second kappa shape index (κ2) is 5.46. The molecule has 2 aromatic heterocycles. The highest BCUT2D eigenvalue weighted by Crippen LogP contribution is 2.28. The fourth-order valence-electron chi connectivity index (χ4n) is 2.19. The first-order valence-electron chi connectivity index (χ1n) is 6.51. The van der Waals surface area contributed by atoms with Gasteiger partial charge in [0.25, 0.3) is 0 Å². The van der Waals surface area contributed by atoms with E-state index in [4.69, 9.17) is 5.73 Å². The molecule has 0 spiro atoms. The highest BCUT2D eigenvalue weighted by atomic mass is 32.1. The first-order chi connectivity index (χ1) is 9.75. The first-order valence-corrected chi connectivity index (χ1v) is 7.39. The molecule has 0 aliphatic heterocycles. The first kappa shape index (κ1) is 12.9. The molecule has 1 atom stereocenters. The Morgan fingerprint density at radius 3 is 2.95 bits per heavy atom. The van der Waals surface area contributed by atoms with Crippen molar-refractivity contribution >= 4 is 33.5 Å². The van der Waals surface area contributed by atoms with E-state index in [1.807, 2.05) is 29.8 Å². The van der Waals surface area contributed by atoms with Crippen molar-refractivity contribution in [1.82, 2.24) is 9.97 Å². The standard InChI is InChI=1S/C15H16N4S/c1-10(15-18-6-7-20-15)8-19-14-3-2-13(16)12-9-17-5-4-11(12)14/h2-7,9-10,19H,8,16H2,1H3. The van der Waals surface area contributed by atoms with Crippen molar-refractivity contribution in [1.29, 1.82) is 0 Å². The Labute approximate surface area is 121 Å². The number of anilines is 2. The summed E-state index contributed by atoms with van der Waals surface area (Å²) in [5, 5.41) is 8.74. The number of nitrogen functional groups attached to an aromatic ring is 1. The summed E-state index contributed by atoms with van der Waals surface area (Å²) < 4.78 is 0. The maximum Gasteiger partial charge on any atom is 0.0970 e. The van der Waals surface area contributed by atoms with Crippen LogP contribution in [0.5, 0.6) is 0 Å². The van der Waals surface area contributed by atoms with Crippen LogP contribution in [0.25, 0.3) is 10.8 Å². The van der Waals surface area contributed by atoms with E-state index in [0.29, 0.717) is 5.92 Å². The van der Waals surface area contributed by atoms with Gasteiger partial charge in [0.2, 0.25) is 0 Å². The molecule has 0 saturated carbocycles. The number of rotatable bonds is 4. The Balaban J connectivity index is 1.83. The summed E-state index contributed by atoms with van der Waals surface area (Å²) in [6.07, 6.45) is 5.44. The summed E-state index contributed by atoms with van der Waals surface area (Å²) in [5.41, 5.74) is 7.82. The van der Waals surface area contributed by atoms with E-state index in [1.165, 1.54) is 0 Å². The van der Waals surface area contributed by atoms with Crippen LogP contribution in [0.4, 0.5) is 11.4 Å². The van der Waals surface area contributed by atoms with Crippen molar-refractivity contribution in [3.8, 4) is 0 Å². The summed E-state index contributed by atoms with van der Waals surface area (Å²) in [7, 11) is 0. The predicted molar refractivity (Wildman–Crippen MR) is 85.2 cm³/mol. The molecular weight excluding hydrogens is 268 g/mol. The molecule has 3 aromatic rings. The molecule has 5 heteroatoms. The minimum absolute atomic E-state index is 0.379. The SMILES string of the molecule is CC(CNc1ccc(N)c2cnccc12)c1nccs1. The van der Waals surface area contributed by atoms with E-state index in [9.17, 15) is 0 Å². The van der Waals surface area contributed by atoms with Crippen molar-refractivity contribution in [3.05, 3.63) is 47.2 Å². The van der Waals surface area contributed by atoms with Crippen LogP contribution in [0.15, 0.2) is 42.2 Å².